The Kier molecular flexibility index (Phi) is 5.66. The Morgan fingerprint density at radius 3 is 2.41 bits per heavy atom. The lowest BCUT2D eigenvalue weighted by molar-refractivity contribution is -0.175. The summed E-state index contributed by atoms with van der Waals surface area (Å²) in [5, 5.41) is 23.0. The van der Waals surface area contributed by atoms with Crippen molar-refractivity contribution in [2.75, 3.05) is 0 Å². The van der Waals surface area contributed by atoms with Gasteiger partial charge in [0.15, 0.2) is 17.5 Å². The van der Waals surface area contributed by atoms with Crippen LogP contribution in [0, 0.1) is 0 Å². The Balaban J connectivity index is 1.75. The minimum Gasteiger partial charge on any atom is -0.381 e. The minimum atomic E-state index is -1.77. The summed E-state index contributed by atoms with van der Waals surface area (Å²) in [5.41, 5.74) is 2.71. The van der Waals surface area contributed by atoms with Gasteiger partial charge in [0.2, 0.25) is 0 Å². The van der Waals surface area contributed by atoms with E-state index in [1.54, 1.807) is 0 Å². The molecule has 1 aromatic heterocycles. The number of benzene rings is 2. The van der Waals surface area contributed by atoms with E-state index >= 15 is 0 Å². The molecule has 0 aliphatic carbocycles. The fraction of sp³-hybridized carbons (Fsp3) is 0.200. The lowest BCUT2D eigenvalue weighted by Crippen LogP contribution is -2.49. The molecular weight excluding hydrogens is 348 g/mol. The monoisotopic (exact) mass is 368 g/mol. The minimum absolute atomic E-state index is 0.0458. The third-order valence-corrected chi connectivity index (χ3v) is 4.40. The summed E-state index contributed by atoms with van der Waals surface area (Å²) in [6.07, 6.45) is -0.103. The van der Waals surface area contributed by atoms with Crippen molar-refractivity contribution >= 4 is 5.91 Å². The second-order valence-corrected chi connectivity index (χ2v) is 6.22. The van der Waals surface area contributed by atoms with Crippen LogP contribution in [0.4, 0.5) is 0 Å². The molecule has 0 aliphatic heterocycles. The van der Waals surface area contributed by atoms with Crippen LogP contribution in [0.15, 0.2) is 71.4 Å². The Morgan fingerprint density at radius 2 is 1.81 bits per heavy atom. The van der Waals surface area contributed by atoms with Crippen molar-refractivity contribution < 1.29 is 24.4 Å². The first-order valence-corrected chi connectivity index (χ1v) is 8.36. The fourth-order valence-electron chi connectivity index (χ4n) is 2.68. The van der Waals surface area contributed by atoms with Crippen LogP contribution in [-0.4, -0.2) is 27.0 Å². The van der Waals surface area contributed by atoms with Gasteiger partial charge in [-0.15, -0.1) is 0 Å². The first kappa shape index (κ1) is 18.8. The van der Waals surface area contributed by atoms with Gasteiger partial charge in [0.1, 0.15) is 0 Å². The Hall–Kier alpha value is -3.00. The molecule has 2 atom stereocenters. The maximum Gasteiger partial charge on any atom is 0.278 e. The Labute approximate surface area is 156 Å². The maximum absolute atomic E-state index is 12.1. The topological polar surface area (TPSA) is 105 Å². The number of carbonyl (C=O) groups excluding carboxylic acids is 1. The van der Waals surface area contributed by atoms with Gasteiger partial charge in [0.25, 0.3) is 5.91 Å². The smallest absolute Gasteiger partial charge is 0.278 e. The highest BCUT2D eigenvalue weighted by Gasteiger charge is 2.44. The van der Waals surface area contributed by atoms with Gasteiger partial charge in [-0.1, -0.05) is 59.8 Å². The molecule has 7 nitrogen and oxygen atoms in total. The number of rotatable bonds is 7. The third kappa shape index (κ3) is 4.06. The SMILES string of the molecule is C[C@@](OCc1ccc(-c2ccccc2)cc1)(C(=O)NO)[C@@H](O)c1ccno1. The lowest BCUT2D eigenvalue weighted by Gasteiger charge is -2.30. The van der Waals surface area contributed by atoms with Gasteiger partial charge in [-0.25, -0.2) is 5.48 Å². The molecule has 3 N–H and O–H groups in total. The normalized spacial score (nSPS) is 14.3. The number of nitrogens with zero attached hydrogens (tertiary/aromatic N) is 1. The number of hydrogen-bond donors (Lipinski definition) is 3. The molecule has 140 valence electrons. The number of aliphatic hydroxyl groups is 1. The first-order valence-electron chi connectivity index (χ1n) is 8.36. The molecule has 0 saturated carbocycles. The van der Waals surface area contributed by atoms with E-state index in [1.165, 1.54) is 24.7 Å². The lowest BCUT2D eigenvalue weighted by atomic mass is 9.95. The van der Waals surface area contributed by atoms with Gasteiger partial charge in [0.05, 0.1) is 12.8 Å². The zero-order chi connectivity index (χ0) is 19.3. The van der Waals surface area contributed by atoms with Crippen LogP contribution in [0.1, 0.15) is 24.4 Å². The highest BCUT2D eigenvalue weighted by Crippen LogP contribution is 2.30. The molecule has 3 aromatic rings. The summed E-state index contributed by atoms with van der Waals surface area (Å²) < 4.78 is 10.6. The van der Waals surface area contributed by atoms with E-state index in [9.17, 15) is 9.90 Å². The molecule has 0 spiro atoms. The highest BCUT2D eigenvalue weighted by molar-refractivity contribution is 5.84. The summed E-state index contributed by atoms with van der Waals surface area (Å²) in [6, 6.07) is 19.0. The molecule has 7 heteroatoms. The predicted octanol–water partition coefficient (Wildman–Crippen LogP) is 2.86. The predicted molar refractivity (Wildman–Crippen MR) is 96.5 cm³/mol. The molecule has 2 aromatic carbocycles. The van der Waals surface area contributed by atoms with Crippen LogP contribution >= 0.6 is 0 Å². The quantitative estimate of drug-likeness (QED) is 0.437. The second-order valence-electron chi connectivity index (χ2n) is 6.22. The zero-order valence-corrected chi connectivity index (χ0v) is 14.7. The number of carbonyl (C=O) groups is 1. The van der Waals surface area contributed by atoms with Crippen LogP contribution in [0.2, 0.25) is 0 Å². The van der Waals surface area contributed by atoms with Gasteiger partial charge >= 0.3 is 0 Å². The van der Waals surface area contributed by atoms with Gasteiger partial charge in [-0.2, -0.15) is 0 Å². The van der Waals surface area contributed by atoms with E-state index < -0.39 is 17.6 Å². The molecule has 0 radical (unpaired) electrons. The molecule has 0 aliphatic rings. The second kappa shape index (κ2) is 8.13. The van der Waals surface area contributed by atoms with Crippen molar-refractivity contribution in [1.82, 2.24) is 10.6 Å². The molecule has 0 bridgehead atoms. The fourth-order valence-corrected chi connectivity index (χ4v) is 2.68. The number of hydrogen-bond acceptors (Lipinski definition) is 6. The number of nitrogens with one attached hydrogen (secondary N) is 1. The van der Waals surface area contributed by atoms with E-state index in [-0.39, 0.29) is 12.4 Å². The Morgan fingerprint density at radius 1 is 1.15 bits per heavy atom. The van der Waals surface area contributed by atoms with E-state index in [0.29, 0.717) is 0 Å². The third-order valence-electron chi connectivity index (χ3n) is 4.40. The van der Waals surface area contributed by atoms with Crippen LogP contribution < -0.4 is 5.48 Å². The number of aromatic nitrogens is 1. The summed E-state index contributed by atoms with van der Waals surface area (Å²) >= 11 is 0. The number of hydroxylamine groups is 1. The zero-order valence-electron chi connectivity index (χ0n) is 14.7. The molecule has 3 rings (SSSR count). The number of amides is 1. The maximum atomic E-state index is 12.1. The van der Waals surface area contributed by atoms with Crippen LogP contribution in [-0.2, 0) is 16.1 Å². The molecular formula is C20H20N2O5. The number of ether oxygens (including phenoxy) is 1. The van der Waals surface area contributed by atoms with Crippen LogP contribution in [0.5, 0.6) is 0 Å². The summed E-state index contributed by atoms with van der Waals surface area (Å²) in [7, 11) is 0. The summed E-state index contributed by atoms with van der Waals surface area (Å²) in [4.78, 5) is 12.1. The van der Waals surface area contributed by atoms with Crippen molar-refractivity contribution in [2.45, 2.75) is 25.2 Å². The largest absolute Gasteiger partial charge is 0.381 e. The standard InChI is InChI=1S/C20H20N2O5/c1-20(19(24)22-25,18(23)17-11-12-21-27-17)26-13-14-7-9-16(10-8-14)15-5-3-2-4-6-15/h2-12,18,23,25H,13H2,1H3,(H,22,24)/t18-,20-/m0/s1. The van der Waals surface area contributed by atoms with Gasteiger partial charge < -0.3 is 14.4 Å². The Bertz CT molecular complexity index is 865. The molecule has 0 fully saturated rings. The van der Waals surface area contributed by atoms with E-state index in [4.69, 9.17) is 14.5 Å². The van der Waals surface area contributed by atoms with E-state index in [0.717, 1.165) is 16.7 Å². The molecule has 0 unspecified atom stereocenters. The molecule has 0 saturated heterocycles. The van der Waals surface area contributed by atoms with Crippen molar-refractivity contribution in [2.24, 2.45) is 0 Å². The van der Waals surface area contributed by atoms with Crippen molar-refractivity contribution in [1.29, 1.82) is 0 Å². The summed E-state index contributed by atoms with van der Waals surface area (Å²) in [6.45, 7) is 1.41. The van der Waals surface area contributed by atoms with Crippen molar-refractivity contribution in [3.63, 3.8) is 0 Å². The first-order chi connectivity index (χ1) is 13.0. The number of aliphatic hydroxyl groups excluding tert-OH is 1. The van der Waals surface area contributed by atoms with Crippen molar-refractivity contribution in [3.8, 4) is 11.1 Å². The van der Waals surface area contributed by atoms with Gasteiger partial charge in [-0.3, -0.25) is 10.0 Å². The van der Waals surface area contributed by atoms with E-state index in [1.807, 2.05) is 54.6 Å². The van der Waals surface area contributed by atoms with E-state index in [2.05, 4.69) is 5.16 Å². The van der Waals surface area contributed by atoms with Gasteiger partial charge in [0, 0.05) is 6.07 Å². The van der Waals surface area contributed by atoms with Gasteiger partial charge in [-0.05, 0) is 23.6 Å². The van der Waals surface area contributed by atoms with Crippen LogP contribution in [0.3, 0.4) is 0 Å². The average Bonchev–Trinajstić information content (AvgIpc) is 3.26. The van der Waals surface area contributed by atoms with Crippen molar-refractivity contribution in [3.05, 3.63) is 78.2 Å². The molecule has 1 heterocycles. The molecule has 1 amide bonds. The molecule has 27 heavy (non-hydrogen) atoms. The highest BCUT2D eigenvalue weighted by atomic mass is 16.5. The van der Waals surface area contributed by atoms with Crippen LogP contribution in [0.25, 0.3) is 11.1 Å². The summed E-state index contributed by atoms with van der Waals surface area (Å²) in [5.74, 6) is -0.840. The average molecular weight is 368 g/mol.